The first-order valence-corrected chi connectivity index (χ1v) is 18.7. The van der Waals surface area contributed by atoms with Crippen molar-refractivity contribution < 1.29 is 27.1 Å². The molecular formula is C36H47FN6O5S. The van der Waals surface area contributed by atoms with E-state index in [2.05, 4.69) is 24.5 Å². The van der Waals surface area contributed by atoms with Crippen LogP contribution in [-0.2, 0) is 14.8 Å². The molecule has 1 amide bonds. The molecule has 4 heterocycles. The van der Waals surface area contributed by atoms with E-state index < -0.39 is 15.8 Å². The summed E-state index contributed by atoms with van der Waals surface area (Å²) in [5, 5.41) is 0. The topological polar surface area (TPSA) is 117 Å². The zero-order chi connectivity index (χ0) is 34.8. The Kier molecular flexibility index (Phi) is 10.5. The highest BCUT2D eigenvalue weighted by Gasteiger charge is 2.46. The molecule has 0 bridgehead atoms. The van der Waals surface area contributed by atoms with E-state index in [0.29, 0.717) is 24.7 Å². The molecule has 1 spiro atoms. The molecule has 1 N–H and O–H groups in total. The number of aryl methyl sites for hydroxylation is 1. The number of rotatable bonds is 11. The van der Waals surface area contributed by atoms with E-state index in [1.807, 2.05) is 27.7 Å². The Labute approximate surface area is 288 Å². The predicted molar refractivity (Wildman–Crippen MR) is 185 cm³/mol. The molecule has 0 unspecified atom stereocenters. The molecule has 3 fully saturated rings. The molecule has 0 aliphatic carbocycles. The maximum atomic E-state index is 14.3. The quantitative estimate of drug-likeness (QED) is 0.296. The van der Waals surface area contributed by atoms with E-state index in [0.717, 1.165) is 64.0 Å². The molecule has 0 radical (unpaired) electrons. The molecule has 0 saturated carbocycles. The van der Waals surface area contributed by atoms with E-state index in [1.54, 1.807) is 35.4 Å². The summed E-state index contributed by atoms with van der Waals surface area (Å²) >= 11 is 0. The first-order valence-electron chi connectivity index (χ1n) is 17.2. The molecule has 264 valence electrons. The highest BCUT2D eigenvalue weighted by Crippen LogP contribution is 2.45. The Bertz CT molecular complexity index is 1720. The summed E-state index contributed by atoms with van der Waals surface area (Å²) in [7, 11) is -3.58. The number of anilines is 1. The number of benzene rings is 2. The first-order chi connectivity index (χ1) is 23.4. The average molecular weight is 695 g/mol. The molecule has 3 aliphatic heterocycles. The van der Waals surface area contributed by atoms with Gasteiger partial charge in [0.15, 0.2) is 11.6 Å². The molecular weight excluding hydrogens is 647 g/mol. The molecule has 13 heteroatoms. The highest BCUT2D eigenvalue weighted by atomic mass is 32.2. The number of hydrogen-bond acceptors (Lipinski definition) is 9. The number of carbonyl (C=O) groups is 1. The highest BCUT2D eigenvalue weighted by molar-refractivity contribution is 7.89. The molecule has 1 aromatic heterocycles. The van der Waals surface area contributed by atoms with Gasteiger partial charge in [0.25, 0.3) is 5.91 Å². The summed E-state index contributed by atoms with van der Waals surface area (Å²) in [4.78, 5) is 28.7. The van der Waals surface area contributed by atoms with Gasteiger partial charge in [0.2, 0.25) is 10.0 Å². The van der Waals surface area contributed by atoms with Crippen molar-refractivity contribution in [3.8, 4) is 11.5 Å². The van der Waals surface area contributed by atoms with Gasteiger partial charge in [-0.2, -0.15) is 0 Å². The SMILES string of the molecule is CCN(C(=O)c1cc(F)ccc1Oc1cncnc1N1CC2(CCN(C[C@@H]3CC[C@@H](NS(=O)(=O)c4ccc(C)cc4)CO3)CC2)C1)C(C)C. The molecule has 11 nitrogen and oxygen atoms in total. The minimum Gasteiger partial charge on any atom is -0.451 e. The fraction of sp³-hybridized carbons (Fsp3) is 0.528. The van der Waals surface area contributed by atoms with Crippen molar-refractivity contribution >= 4 is 21.7 Å². The summed E-state index contributed by atoms with van der Waals surface area (Å²) in [5.41, 5.74) is 1.36. The third-order valence-electron chi connectivity index (χ3n) is 10.0. The maximum Gasteiger partial charge on any atom is 0.257 e. The van der Waals surface area contributed by atoms with E-state index in [4.69, 9.17) is 9.47 Å². The molecule has 3 aliphatic rings. The van der Waals surface area contributed by atoms with Crippen LogP contribution in [0.25, 0.3) is 0 Å². The van der Waals surface area contributed by atoms with Crippen LogP contribution in [0.1, 0.15) is 62.4 Å². The van der Waals surface area contributed by atoms with Crippen LogP contribution in [0.15, 0.2) is 59.9 Å². The minimum absolute atomic E-state index is 0.0476. The van der Waals surface area contributed by atoms with Crippen molar-refractivity contribution in [2.24, 2.45) is 5.41 Å². The number of ether oxygens (including phenoxy) is 2. The van der Waals surface area contributed by atoms with Gasteiger partial charge in [0, 0.05) is 43.7 Å². The van der Waals surface area contributed by atoms with Gasteiger partial charge in [-0.25, -0.2) is 27.5 Å². The van der Waals surface area contributed by atoms with Crippen molar-refractivity contribution in [2.45, 2.75) is 76.5 Å². The Morgan fingerprint density at radius 1 is 1.12 bits per heavy atom. The number of halogens is 1. The molecule has 3 saturated heterocycles. The number of likely N-dealkylation sites (tertiary alicyclic amines) is 1. The van der Waals surface area contributed by atoms with E-state index in [1.165, 1.54) is 24.5 Å². The van der Waals surface area contributed by atoms with Crippen molar-refractivity contribution in [3.63, 3.8) is 0 Å². The van der Waals surface area contributed by atoms with Crippen LogP contribution in [0.5, 0.6) is 11.5 Å². The largest absolute Gasteiger partial charge is 0.451 e. The van der Waals surface area contributed by atoms with Crippen LogP contribution < -0.4 is 14.4 Å². The Morgan fingerprint density at radius 2 is 1.86 bits per heavy atom. The van der Waals surface area contributed by atoms with Crippen LogP contribution >= 0.6 is 0 Å². The smallest absolute Gasteiger partial charge is 0.257 e. The van der Waals surface area contributed by atoms with Gasteiger partial charge in [0.05, 0.1) is 29.4 Å². The van der Waals surface area contributed by atoms with Gasteiger partial charge in [-0.3, -0.25) is 4.79 Å². The minimum atomic E-state index is -3.58. The van der Waals surface area contributed by atoms with Crippen LogP contribution in [0, 0.1) is 18.2 Å². The lowest BCUT2D eigenvalue weighted by atomic mass is 9.72. The van der Waals surface area contributed by atoms with E-state index in [9.17, 15) is 17.6 Å². The number of carbonyl (C=O) groups excluding carboxylic acids is 1. The second-order valence-electron chi connectivity index (χ2n) is 14.0. The number of nitrogens with one attached hydrogen (secondary N) is 1. The lowest BCUT2D eigenvalue weighted by Gasteiger charge is -2.54. The van der Waals surface area contributed by atoms with Gasteiger partial charge >= 0.3 is 0 Å². The Hall–Kier alpha value is -3.65. The van der Waals surface area contributed by atoms with E-state index >= 15 is 0 Å². The Balaban J connectivity index is 0.997. The number of aromatic nitrogens is 2. The van der Waals surface area contributed by atoms with Gasteiger partial charge in [-0.15, -0.1) is 0 Å². The summed E-state index contributed by atoms with van der Waals surface area (Å²) in [6.07, 6.45) is 6.82. The summed E-state index contributed by atoms with van der Waals surface area (Å²) in [5.74, 6) is 0.560. The van der Waals surface area contributed by atoms with Gasteiger partial charge in [0.1, 0.15) is 17.9 Å². The van der Waals surface area contributed by atoms with Crippen LogP contribution in [0.4, 0.5) is 10.2 Å². The summed E-state index contributed by atoms with van der Waals surface area (Å²) in [6, 6.07) is 10.6. The van der Waals surface area contributed by atoms with Gasteiger partial charge < -0.3 is 24.2 Å². The monoisotopic (exact) mass is 694 g/mol. The number of amides is 1. The second-order valence-corrected chi connectivity index (χ2v) is 15.7. The van der Waals surface area contributed by atoms with E-state index in [-0.39, 0.29) is 45.7 Å². The third kappa shape index (κ3) is 8.06. The molecule has 3 aromatic rings. The fourth-order valence-electron chi connectivity index (χ4n) is 7.17. The summed E-state index contributed by atoms with van der Waals surface area (Å²) in [6.45, 7) is 13.0. The molecule has 6 rings (SSSR count). The lowest BCUT2D eigenvalue weighted by Crippen LogP contribution is -2.61. The molecule has 2 aromatic carbocycles. The number of piperidine rings is 1. The first kappa shape index (κ1) is 35.2. The van der Waals surface area contributed by atoms with Crippen molar-refractivity contribution in [3.05, 3.63) is 71.9 Å². The predicted octanol–water partition coefficient (Wildman–Crippen LogP) is 5.02. The van der Waals surface area contributed by atoms with Crippen molar-refractivity contribution in [1.29, 1.82) is 0 Å². The van der Waals surface area contributed by atoms with Gasteiger partial charge in [-0.05, 0) is 96.8 Å². The van der Waals surface area contributed by atoms with Crippen molar-refractivity contribution in [1.82, 2.24) is 24.5 Å². The van der Waals surface area contributed by atoms with Gasteiger partial charge in [-0.1, -0.05) is 17.7 Å². The zero-order valence-corrected chi connectivity index (χ0v) is 29.6. The molecule has 49 heavy (non-hydrogen) atoms. The maximum absolute atomic E-state index is 14.3. The average Bonchev–Trinajstić information content (AvgIpc) is 3.06. The number of hydrogen-bond donors (Lipinski definition) is 1. The van der Waals surface area contributed by atoms with Crippen LogP contribution in [0.2, 0.25) is 0 Å². The lowest BCUT2D eigenvalue weighted by molar-refractivity contribution is -0.0299. The van der Waals surface area contributed by atoms with Crippen molar-refractivity contribution in [2.75, 3.05) is 50.8 Å². The number of sulfonamides is 1. The standard InChI is InChI=1S/C36H47FN6O5S/c1-5-43(25(2)3)35(44)31-18-27(37)8-13-32(31)48-33-19-38-24-39-34(33)42-22-36(23-42)14-16-41(17-15-36)20-29-10-9-28(21-47-29)40-49(45,46)30-11-6-26(4)7-12-30/h6-8,11-13,18-19,24-25,28-29,40H,5,9-10,14-17,20-23H2,1-4H3/t28-,29+/m1/s1. The fourth-order valence-corrected chi connectivity index (χ4v) is 8.43. The number of nitrogens with zero attached hydrogens (tertiary/aromatic N) is 5. The zero-order valence-electron chi connectivity index (χ0n) is 28.8. The molecule has 2 atom stereocenters. The second kappa shape index (κ2) is 14.7. The third-order valence-corrected chi connectivity index (χ3v) is 11.6. The summed E-state index contributed by atoms with van der Waals surface area (Å²) < 4.78 is 55.1. The Morgan fingerprint density at radius 3 is 2.51 bits per heavy atom. The van der Waals surface area contributed by atoms with Crippen LogP contribution in [-0.4, -0.2) is 98.2 Å². The normalized spacial score (nSPS) is 21.1. The van der Waals surface area contributed by atoms with Crippen LogP contribution in [0.3, 0.4) is 0 Å².